The van der Waals surface area contributed by atoms with Crippen LogP contribution in [0.4, 0.5) is 0 Å². The second kappa shape index (κ2) is 14.8. The van der Waals surface area contributed by atoms with Crippen molar-refractivity contribution >= 4 is 106 Å². The second-order valence-corrected chi connectivity index (χ2v) is 21.7. The van der Waals surface area contributed by atoms with Gasteiger partial charge in [0.15, 0.2) is 0 Å². The molecule has 0 saturated heterocycles. The number of para-hydroxylation sites is 10. The molecular weight excluding hydrogens is 875 g/mol. The number of hydrogen-bond acceptors (Lipinski definition) is 4. The molecule has 15 aromatic rings. The molecule has 0 atom stereocenters. The molecular formula is C60H39N9Si. The second-order valence-electron chi connectivity index (χ2n) is 17.9. The van der Waals surface area contributed by atoms with Crippen LogP contribution in [0, 0.1) is 0 Å². The van der Waals surface area contributed by atoms with Gasteiger partial charge in [0.2, 0.25) is 25.6 Å². The molecule has 0 amide bonds. The Labute approximate surface area is 401 Å². The highest BCUT2D eigenvalue weighted by molar-refractivity contribution is 7.19. The highest BCUT2D eigenvalue weighted by Crippen LogP contribution is 2.34. The zero-order chi connectivity index (χ0) is 45.9. The number of imidazole rings is 4. The summed E-state index contributed by atoms with van der Waals surface area (Å²) in [7, 11) is -3.38. The van der Waals surface area contributed by atoms with Crippen molar-refractivity contribution in [2.24, 2.45) is 0 Å². The normalized spacial score (nSPS) is 12.3. The summed E-state index contributed by atoms with van der Waals surface area (Å²) >= 11 is 0. The van der Waals surface area contributed by atoms with E-state index < -0.39 is 8.07 Å². The van der Waals surface area contributed by atoms with Crippen LogP contribution in [0.5, 0.6) is 0 Å². The smallest absolute Gasteiger partial charge is 0.238 e. The van der Waals surface area contributed by atoms with Crippen LogP contribution in [0.15, 0.2) is 237 Å². The van der Waals surface area contributed by atoms with Crippen molar-refractivity contribution in [3.63, 3.8) is 0 Å². The third-order valence-corrected chi connectivity index (χ3v) is 18.9. The Morgan fingerprint density at radius 2 is 0.714 bits per heavy atom. The van der Waals surface area contributed by atoms with Crippen molar-refractivity contribution in [3.8, 4) is 17.5 Å². The molecule has 0 fully saturated rings. The Hall–Kier alpha value is -9.38. The number of benzene rings is 9. The number of nitrogens with zero attached hydrogens (tertiary/aromatic N) is 9. The minimum absolute atomic E-state index is 0.520. The predicted molar refractivity (Wildman–Crippen MR) is 286 cm³/mol. The first-order valence-corrected chi connectivity index (χ1v) is 25.6. The molecule has 0 unspecified atom stereocenters. The van der Waals surface area contributed by atoms with E-state index in [1.165, 1.54) is 37.4 Å². The molecule has 10 heteroatoms. The Kier molecular flexibility index (Phi) is 8.19. The van der Waals surface area contributed by atoms with Gasteiger partial charge in [0.25, 0.3) is 0 Å². The zero-order valence-corrected chi connectivity index (χ0v) is 38.5. The highest BCUT2D eigenvalue weighted by Gasteiger charge is 2.44. The van der Waals surface area contributed by atoms with Crippen molar-refractivity contribution in [2.45, 2.75) is 0 Å². The minimum atomic E-state index is -3.38. The first-order valence-electron chi connectivity index (χ1n) is 23.6. The molecule has 0 N–H and O–H groups in total. The number of aromatic nitrogens is 9. The van der Waals surface area contributed by atoms with Crippen LogP contribution in [0.1, 0.15) is 0 Å². The van der Waals surface area contributed by atoms with E-state index in [2.05, 4.69) is 247 Å². The van der Waals surface area contributed by atoms with Crippen LogP contribution in [0.3, 0.4) is 0 Å². The fourth-order valence-electron chi connectivity index (χ4n) is 11.3. The topological polar surface area (TPSA) is 75.2 Å². The average molecular weight is 914 g/mol. The van der Waals surface area contributed by atoms with Gasteiger partial charge >= 0.3 is 0 Å². The van der Waals surface area contributed by atoms with Gasteiger partial charge < -0.3 is 4.57 Å². The van der Waals surface area contributed by atoms with Gasteiger partial charge in [-0.1, -0.05) is 158 Å². The first-order chi connectivity index (χ1) is 34.7. The van der Waals surface area contributed by atoms with Gasteiger partial charge in [0, 0.05) is 27.8 Å². The lowest BCUT2D eigenvalue weighted by atomic mass is 10.2. The van der Waals surface area contributed by atoms with Gasteiger partial charge in [-0.05, 0) is 88.4 Å². The molecule has 0 spiro atoms. The van der Waals surface area contributed by atoms with Crippen LogP contribution in [-0.4, -0.2) is 50.5 Å². The quantitative estimate of drug-likeness (QED) is 0.118. The molecule has 9 aromatic carbocycles. The monoisotopic (exact) mass is 913 g/mol. The van der Waals surface area contributed by atoms with E-state index in [0.717, 1.165) is 66.7 Å². The van der Waals surface area contributed by atoms with E-state index in [9.17, 15) is 0 Å². The summed E-state index contributed by atoms with van der Waals surface area (Å²) in [6.45, 7) is 0. The molecule has 0 aliphatic carbocycles. The molecule has 0 saturated carbocycles. The Bertz CT molecular complexity index is 4280. The molecule has 9 nitrogen and oxygen atoms in total. The molecule has 328 valence electrons. The summed E-state index contributed by atoms with van der Waals surface area (Å²) in [4.78, 5) is 22.3. The maximum atomic E-state index is 5.93. The lowest BCUT2D eigenvalue weighted by molar-refractivity contribution is 0.936. The fraction of sp³-hybridized carbons (Fsp3) is 0. The van der Waals surface area contributed by atoms with Gasteiger partial charge in [-0.15, -0.1) is 0 Å². The lowest BCUT2D eigenvalue weighted by Crippen LogP contribution is -2.75. The molecule has 15 rings (SSSR count). The molecule has 0 bridgehead atoms. The van der Waals surface area contributed by atoms with E-state index in [1.54, 1.807) is 0 Å². The molecule has 0 aliphatic heterocycles. The molecule has 0 aliphatic rings. The lowest BCUT2D eigenvalue weighted by Gasteiger charge is -2.33. The molecule has 0 radical (unpaired) electrons. The summed E-state index contributed by atoms with van der Waals surface area (Å²) in [5.41, 5.74) is 11.3. The SMILES string of the molecule is c1ccc([Si](c2ccccc2)(c2ccc(-n3c4ccccc4c4ccccc43)cc2)c2cc(-n3c4ccccc4n4c5ccccc5nc34)nc(-n3c4ccccc4n4c5ccccc5nc34)n2)cc1. The summed E-state index contributed by atoms with van der Waals surface area (Å²) in [5, 5.41) is 6.97. The largest absolute Gasteiger partial charge is 0.309 e. The number of hydrogen-bond donors (Lipinski definition) is 0. The zero-order valence-electron chi connectivity index (χ0n) is 37.5. The standard InChI is InChI=1S/C60H39N9Si/c1-3-19-41(20-4-1)70(42-21-5-2-6-22-42,43-37-35-40(36-38-43)65-48-27-11-7-23-44(48)45-24-8-12-28-49(45)65)57-39-56(68-54-33-17-15-31-52(54)66-50-29-13-9-25-46(50)61-59(66)68)63-58(64-57)69-55-34-18-16-32-53(55)67-51-30-14-10-26-47(51)62-60(67)69/h1-39H. The van der Waals surface area contributed by atoms with Gasteiger partial charge in [-0.2, -0.15) is 4.98 Å². The average Bonchev–Trinajstić information content (AvgIpc) is 4.23. The summed E-state index contributed by atoms with van der Waals surface area (Å²) in [6.07, 6.45) is 0. The Balaban J connectivity index is 1.08. The van der Waals surface area contributed by atoms with Crippen LogP contribution < -0.4 is 20.9 Å². The van der Waals surface area contributed by atoms with E-state index in [1.807, 2.05) is 12.1 Å². The van der Waals surface area contributed by atoms with E-state index in [4.69, 9.17) is 19.9 Å². The fourth-order valence-corrected chi connectivity index (χ4v) is 15.9. The third kappa shape index (κ3) is 5.36. The van der Waals surface area contributed by atoms with Gasteiger partial charge in [-0.25, -0.2) is 19.5 Å². The van der Waals surface area contributed by atoms with Crippen molar-refractivity contribution in [2.75, 3.05) is 0 Å². The molecule has 70 heavy (non-hydrogen) atoms. The van der Waals surface area contributed by atoms with Gasteiger partial charge in [-0.3, -0.25) is 13.4 Å². The van der Waals surface area contributed by atoms with Crippen molar-refractivity contribution < 1.29 is 0 Å². The van der Waals surface area contributed by atoms with Crippen LogP contribution in [-0.2, 0) is 0 Å². The molecule has 6 aromatic heterocycles. The summed E-state index contributed by atoms with van der Waals surface area (Å²) in [5.74, 6) is 2.74. The Morgan fingerprint density at radius 3 is 1.26 bits per heavy atom. The van der Waals surface area contributed by atoms with Crippen molar-refractivity contribution in [3.05, 3.63) is 237 Å². The van der Waals surface area contributed by atoms with Crippen molar-refractivity contribution in [1.29, 1.82) is 0 Å². The highest BCUT2D eigenvalue weighted by atomic mass is 28.3. The maximum Gasteiger partial charge on any atom is 0.238 e. The summed E-state index contributed by atoms with van der Waals surface area (Å²) in [6, 6.07) is 84.5. The van der Waals surface area contributed by atoms with Crippen LogP contribution >= 0.6 is 0 Å². The van der Waals surface area contributed by atoms with Gasteiger partial charge in [0.05, 0.1) is 55.2 Å². The third-order valence-electron chi connectivity index (χ3n) is 14.3. The number of rotatable bonds is 7. The van der Waals surface area contributed by atoms with E-state index in [0.29, 0.717) is 11.8 Å². The summed E-state index contributed by atoms with van der Waals surface area (Å²) < 4.78 is 11.2. The van der Waals surface area contributed by atoms with Crippen molar-refractivity contribution in [1.82, 2.24) is 42.4 Å². The van der Waals surface area contributed by atoms with E-state index >= 15 is 0 Å². The van der Waals surface area contributed by atoms with Crippen LogP contribution in [0.2, 0.25) is 0 Å². The first kappa shape index (κ1) is 38.7. The van der Waals surface area contributed by atoms with E-state index in [-0.39, 0.29) is 0 Å². The van der Waals surface area contributed by atoms with Gasteiger partial charge in [0.1, 0.15) is 5.82 Å². The minimum Gasteiger partial charge on any atom is -0.309 e. The van der Waals surface area contributed by atoms with Crippen LogP contribution in [0.25, 0.3) is 94.9 Å². The predicted octanol–water partition coefficient (Wildman–Crippen LogP) is 10.4. The number of fused-ring (bicyclic) bond motifs is 13. The maximum absolute atomic E-state index is 5.93. The Morgan fingerprint density at radius 1 is 0.300 bits per heavy atom. The molecule has 6 heterocycles.